The third kappa shape index (κ3) is 4.33. The first kappa shape index (κ1) is 23.5. The Morgan fingerprint density at radius 2 is 1.97 bits per heavy atom. The molecule has 2 heterocycles. The summed E-state index contributed by atoms with van der Waals surface area (Å²) in [5.74, 6) is 0.174. The Morgan fingerprint density at radius 1 is 1.20 bits per heavy atom. The van der Waals surface area contributed by atoms with Crippen LogP contribution in [0.25, 0.3) is 32.8 Å². The van der Waals surface area contributed by atoms with Crippen LogP contribution in [0.3, 0.4) is 0 Å². The molecular weight excluding hydrogens is 489 g/mol. The second-order valence-electron chi connectivity index (χ2n) is 8.33. The number of anilines is 1. The van der Waals surface area contributed by atoms with Gasteiger partial charge >= 0.3 is 0 Å². The van der Waals surface area contributed by atoms with Gasteiger partial charge in [0, 0.05) is 48.9 Å². The van der Waals surface area contributed by atoms with Crippen molar-refractivity contribution in [3.8, 4) is 16.9 Å². The predicted octanol–water partition coefficient (Wildman–Crippen LogP) is 5.11. The maximum atomic E-state index is 16.0. The van der Waals surface area contributed by atoms with Crippen molar-refractivity contribution in [3.63, 3.8) is 0 Å². The predicted molar refractivity (Wildman–Crippen MR) is 139 cm³/mol. The minimum Gasteiger partial charge on any atom is -0.497 e. The van der Waals surface area contributed by atoms with Gasteiger partial charge in [-0.25, -0.2) is 4.39 Å². The second kappa shape index (κ2) is 9.81. The number of benzene rings is 3. The van der Waals surface area contributed by atoms with Crippen LogP contribution < -0.4 is 9.64 Å². The van der Waals surface area contributed by atoms with E-state index in [1.54, 1.807) is 25.4 Å². The lowest BCUT2D eigenvalue weighted by molar-refractivity contribution is -0.105. The highest BCUT2D eigenvalue weighted by molar-refractivity contribution is 7.11. The second-order valence-corrected chi connectivity index (χ2v) is 9.49. The molecule has 3 aromatic carbocycles. The first-order chi connectivity index (χ1) is 17.0. The van der Waals surface area contributed by atoms with Gasteiger partial charge in [0.2, 0.25) is 0 Å². The SMILES string of the molecule is COc1cc(-c2c(Cl)cc3c(N4CCN(C=C(C=O)CO)CC4)snc3c2F)c2ccccc2c1. The number of fused-ring (bicyclic) bond motifs is 2. The largest absolute Gasteiger partial charge is 0.497 e. The van der Waals surface area contributed by atoms with Crippen molar-refractivity contribution in [2.45, 2.75) is 0 Å². The van der Waals surface area contributed by atoms with Crippen LogP contribution in [0.4, 0.5) is 9.39 Å². The van der Waals surface area contributed by atoms with E-state index in [9.17, 15) is 9.90 Å². The Bertz CT molecular complexity index is 1450. The molecule has 35 heavy (non-hydrogen) atoms. The summed E-state index contributed by atoms with van der Waals surface area (Å²) in [4.78, 5) is 15.1. The number of aldehydes is 1. The maximum Gasteiger partial charge on any atom is 0.159 e. The van der Waals surface area contributed by atoms with E-state index in [1.165, 1.54) is 11.5 Å². The molecule has 9 heteroatoms. The number of nitrogens with zero attached hydrogens (tertiary/aromatic N) is 3. The standard InChI is InChI=1S/C26H23ClFN3O3S/c1-34-18-10-17-4-2-3-5-19(17)20(11-18)23-22(27)12-21-25(24(23)28)29-35-26(21)31-8-6-30(7-9-31)13-16(14-32)15-33/h2-5,10-14,33H,6-9,15H2,1H3. The molecule has 0 spiro atoms. The molecule has 0 aliphatic carbocycles. The number of rotatable bonds is 6. The smallest absolute Gasteiger partial charge is 0.159 e. The molecule has 0 unspecified atom stereocenters. The summed E-state index contributed by atoms with van der Waals surface area (Å²) in [6, 6.07) is 13.3. The summed E-state index contributed by atoms with van der Waals surface area (Å²) in [6.07, 6.45) is 2.35. The maximum absolute atomic E-state index is 16.0. The Balaban J connectivity index is 1.53. The highest BCUT2D eigenvalue weighted by atomic mass is 35.5. The lowest BCUT2D eigenvalue weighted by atomic mass is 9.96. The number of carbonyl (C=O) groups is 1. The number of piperazine rings is 1. The van der Waals surface area contributed by atoms with Crippen LogP contribution in [-0.2, 0) is 4.79 Å². The molecule has 1 aliphatic heterocycles. The van der Waals surface area contributed by atoms with Gasteiger partial charge in [-0.2, -0.15) is 4.37 Å². The highest BCUT2D eigenvalue weighted by Crippen LogP contribution is 2.43. The zero-order valence-electron chi connectivity index (χ0n) is 19.0. The number of aliphatic hydroxyl groups excluding tert-OH is 1. The summed E-state index contributed by atoms with van der Waals surface area (Å²) < 4.78 is 25.9. The Kier molecular flexibility index (Phi) is 6.60. The molecule has 1 aromatic heterocycles. The van der Waals surface area contributed by atoms with Crippen molar-refractivity contribution in [3.05, 3.63) is 65.1 Å². The molecule has 0 bridgehead atoms. The van der Waals surface area contributed by atoms with Gasteiger partial charge in [0.1, 0.15) is 22.6 Å². The van der Waals surface area contributed by atoms with Crippen LogP contribution in [0, 0.1) is 5.82 Å². The number of hydrogen-bond donors (Lipinski definition) is 1. The molecule has 1 N–H and O–H groups in total. The number of ether oxygens (including phenoxy) is 1. The Hall–Kier alpha value is -3.20. The lowest BCUT2D eigenvalue weighted by Crippen LogP contribution is -2.44. The summed E-state index contributed by atoms with van der Waals surface area (Å²) in [7, 11) is 1.58. The van der Waals surface area contributed by atoms with Gasteiger partial charge in [0.25, 0.3) is 0 Å². The van der Waals surface area contributed by atoms with E-state index in [1.807, 2.05) is 35.2 Å². The van der Waals surface area contributed by atoms with Crippen LogP contribution in [0.1, 0.15) is 0 Å². The van der Waals surface area contributed by atoms with Crippen LogP contribution in [-0.4, -0.2) is 60.6 Å². The van der Waals surface area contributed by atoms with E-state index < -0.39 is 5.82 Å². The highest BCUT2D eigenvalue weighted by Gasteiger charge is 2.25. The molecule has 180 valence electrons. The van der Waals surface area contributed by atoms with E-state index in [0.717, 1.165) is 15.8 Å². The molecule has 4 aromatic rings. The van der Waals surface area contributed by atoms with E-state index in [4.69, 9.17) is 16.3 Å². The van der Waals surface area contributed by atoms with Crippen LogP contribution in [0.2, 0.25) is 5.02 Å². The molecule has 0 atom stereocenters. The first-order valence-corrected chi connectivity index (χ1v) is 12.3. The number of methoxy groups -OCH3 is 1. The van der Waals surface area contributed by atoms with Gasteiger partial charge < -0.3 is 19.6 Å². The zero-order valence-corrected chi connectivity index (χ0v) is 20.6. The van der Waals surface area contributed by atoms with Crippen molar-refractivity contribution in [1.82, 2.24) is 9.27 Å². The zero-order chi connectivity index (χ0) is 24.5. The van der Waals surface area contributed by atoms with Gasteiger partial charge in [-0.1, -0.05) is 35.9 Å². The molecular formula is C26H23ClFN3O3S. The summed E-state index contributed by atoms with van der Waals surface area (Å²) in [5, 5.41) is 12.9. The summed E-state index contributed by atoms with van der Waals surface area (Å²) in [6.45, 7) is 2.40. The third-order valence-electron chi connectivity index (χ3n) is 6.27. The fourth-order valence-electron chi connectivity index (χ4n) is 4.48. The Labute approximate surface area is 210 Å². The number of hydrogen-bond acceptors (Lipinski definition) is 7. The van der Waals surface area contributed by atoms with Gasteiger partial charge in [-0.15, -0.1) is 0 Å². The van der Waals surface area contributed by atoms with Gasteiger partial charge in [-0.05, 0) is 46.1 Å². The summed E-state index contributed by atoms with van der Waals surface area (Å²) >= 11 is 7.98. The summed E-state index contributed by atoms with van der Waals surface area (Å²) in [5.41, 5.74) is 1.61. The quantitative estimate of drug-likeness (QED) is 0.286. The minimum atomic E-state index is -0.450. The van der Waals surface area contributed by atoms with Crippen molar-refractivity contribution in [2.75, 3.05) is 44.8 Å². The molecule has 1 aliphatic rings. The number of carbonyl (C=O) groups excluding carboxylic acids is 1. The van der Waals surface area contributed by atoms with E-state index in [2.05, 4.69) is 9.27 Å². The van der Waals surface area contributed by atoms with Crippen LogP contribution >= 0.6 is 23.1 Å². The first-order valence-electron chi connectivity index (χ1n) is 11.1. The van der Waals surface area contributed by atoms with Crippen molar-refractivity contribution >= 4 is 56.1 Å². The van der Waals surface area contributed by atoms with E-state index in [-0.39, 0.29) is 6.61 Å². The van der Waals surface area contributed by atoms with Crippen molar-refractivity contribution in [1.29, 1.82) is 0 Å². The molecule has 1 saturated heterocycles. The van der Waals surface area contributed by atoms with E-state index in [0.29, 0.717) is 70.8 Å². The molecule has 0 amide bonds. The van der Waals surface area contributed by atoms with Crippen molar-refractivity contribution in [2.24, 2.45) is 0 Å². The van der Waals surface area contributed by atoms with E-state index >= 15 is 4.39 Å². The minimum absolute atomic E-state index is 0.286. The van der Waals surface area contributed by atoms with Crippen LogP contribution in [0.15, 0.2) is 54.2 Å². The monoisotopic (exact) mass is 511 g/mol. The van der Waals surface area contributed by atoms with Gasteiger partial charge in [0.05, 0.1) is 18.7 Å². The average Bonchev–Trinajstić information content (AvgIpc) is 3.31. The Morgan fingerprint density at radius 3 is 2.69 bits per heavy atom. The molecule has 5 rings (SSSR count). The van der Waals surface area contributed by atoms with Gasteiger partial charge in [0.15, 0.2) is 5.82 Å². The topological polar surface area (TPSA) is 65.9 Å². The van der Waals surface area contributed by atoms with Gasteiger partial charge in [-0.3, -0.25) is 4.79 Å². The van der Waals surface area contributed by atoms with Crippen LogP contribution in [0.5, 0.6) is 5.75 Å². The fraction of sp³-hybridized carbons (Fsp3) is 0.231. The number of aliphatic hydroxyl groups is 1. The molecule has 0 radical (unpaired) electrons. The number of halogens is 2. The molecule has 6 nitrogen and oxygen atoms in total. The number of aromatic nitrogens is 1. The average molecular weight is 512 g/mol. The fourth-order valence-corrected chi connectivity index (χ4v) is 5.68. The normalized spacial score (nSPS) is 14.7. The lowest BCUT2D eigenvalue weighted by Gasteiger charge is -2.35. The third-order valence-corrected chi connectivity index (χ3v) is 7.49. The van der Waals surface area contributed by atoms with Crippen molar-refractivity contribution < 1.29 is 19.0 Å². The molecule has 0 saturated carbocycles. The molecule has 1 fully saturated rings.